The average molecular weight is 557 g/mol. The van der Waals surface area contributed by atoms with Crippen LogP contribution in [0.4, 0.5) is 0 Å². The van der Waals surface area contributed by atoms with E-state index < -0.39 is 0 Å². The van der Waals surface area contributed by atoms with Crippen LogP contribution in [0, 0.1) is 0 Å². The van der Waals surface area contributed by atoms with Crippen molar-refractivity contribution < 1.29 is 0 Å². The lowest BCUT2D eigenvalue weighted by atomic mass is 9.89. The standard InChI is InChI=1S/C29H42.C8H6S2/c1-3-5-7-9-11-13-17-24-21-22-28-27-20-16-15-18-25(27)23-29(28)26(24)19-14-12-10-8-6-4-2;1-3-7(9-5-1)8-4-2-6-10-8/h15-16,18,20-22H,3-14,17,19,23H2,1-2H3;1-6H. The van der Waals surface area contributed by atoms with Gasteiger partial charge in [-0.05, 0) is 88.4 Å². The Balaban J connectivity index is 0.000000292. The van der Waals surface area contributed by atoms with E-state index in [2.05, 4.69) is 85.3 Å². The fraction of sp³-hybridized carbons (Fsp3) is 0.459. The van der Waals surface area contributed by atoms with E-state index in [1.165, 1.54) is 116 Å². The second kappa shape index (κ2) is 16.8. The second-order valence-electron chi connectivity index (χ2n) is 11.1. The van der Waals surface area contributed by atoms with Crippen LogP contribution in [-0.4, -0.2) is 0 Å². The van der Waals surface area contributed by atoms with Gasteiger partial charge in [0.2, 0.25) is 0 Å². The molecule has 0 saturated carbocycles. The van der Waals surface area contributed by atoms with Gasteiger partial charge in [0, 0.05) is 9.75 Å². The van der Waals surface area contributed by atoms with Gasteiger partial charge in [-0.25, -0.2) is 0 Å². The first-order valence-corrected chi connectivity index (χ1v) is 17.4. The Labute approximate surface area is 246 Å². The van der Waals surface area contributed by atoms with Crippen molar-refractivity contribution in [1.29, 1.82) is 0 Å². The number of unbranched alkanes of at least 4 members (excludes halogenated alkanes) is 10. The minimum atomic E-state index is 1.15. The Morgan fingerprint density at radius 1 is 0.538 bits per heavy atom. The molecule has 39 heavy (non-hydrogen) atoms. The van der Waals surface area contributed by atoms with Crippen LogP contribution >= 0.6 is 22.7 Å². The van der Waals surface area contributed by atoms with Gasteiger partial charge in [-0.1, -0.05) is 127 Å². The summed E-state index contributed by atoms with van der Waals surface area (Å²) in [7, 11) is 0. The van der Waals surface area contributed by atoms with Crippen molar-refractivity contribution in [2.24, 2.45) is 0 Å². The summed E-state index contributed by atoms with van der Waals surface area (Å²) in [5.74, 6) is 0. The lowest BCUT2D eigenvalue weighted by Gasteiger charge is -2.15. The molecule has 5 rings (SSSR count). The van der Waals surface area contributed by atoms with Crippen molar-refractivity contribution in [3.05, 3.63) is 93.7 Å². The van der Waals surface area contributed by atoms with E-state index >= 15 is 0 Å². The molecule has 2 heteroatoms. The number of thiophene rings is 2. The van der Waals surface area contributed by atoms with Gasteiger partial charge in [0.1, 0.15) is 0 Å². The molecule has 1 aliphatic rings. The van der Waals surface area contributed by atoms with Crippen LogP contribution in [0.1, 0.15) is 113 Å². The minimum Gasteiger partial charge on any atom is -0.143 e. The number of benzene rings is 2. The first-order valence-electron chi connectivity index (χ1n) is 15.6. The fourth-order valence-corrected chi connectivity index (χ4v) is 7.46. The van der Waals surface area contributed by atoms with E-state index in [1.54, 1.807) is 39.4 Å². The molecule has 4 aromatic rings. The molecule has 0 radical (unpaired) electrons. The number of hydrogen-bond acceptors (Lipinski definition) is 2. The molecule has 2 aromatic heterocycles. The smallest absolute Gasteiger partial charge is 0.0442 e. The Kier molecular flexibility index (Phi) is 12.9. The highest BCUT2D eigenvalue weighted by molar-refractivity contribution is 7.20. The topological polar surface area (TPSA) is 0 Å². The van der Waals surface area contributed by atoms with Crippen LogP contribution in [0.15, 0.2) is 71.4 Å². The van der Waals surface area contributed by atoms with E-state index in [1.807, 2.05) is 0 Å². The third-order valence-corrected chi connectivity index (χ3v) is 10.0. The molecular formula is C37H48S2. The van der Waals surface area contributed by atoms with Gasteiger partial charge in [-0.3, -0.25) is 0 Å². The van der Waals surface area contributed by atoms with Gasteiger partial charge in [0.15, 0.2) is 0 Å². The van der Waals surface area contributed by atoms with Crippen LogP contribution in [-0.2, 0) is 19.3 Å². The van der Waals surface area contributed by atoms with Crippen LogP contribution in [0.25, 0.3) is 20.9 Å². The zero-order valence-electron chi connectivity index (χ0n) is 24.4. The van der Waals surface area contributed by atoms with Crippen molar-refractivity contribution >= 4 is 22.7 Å². The van der Waals surface area contributed by atoms with Crippen molar-refractivity contribution in [3.63, 3.8) is 0 Å². The maximum absolute atomic E-state index is 2.47. The predicted molar refractivity (Wildman–Crippen MR) is 176 cm³/mol. The molecule has 0 unspecified atom stereocenters. The maximum atomic E-state index is 2.47. The summed E-state index contributed by atoms with van der Waals surface area (Å²) < 4.78 is 0. The normalized spacial score (nSPS) is 11.6. The third kappa shape index (κ3) is 8.92. The monoisotopic (exact) mass is 556 g/mol. The minimum absolute atomic E-state index is 1.15. The second-order valence-corrected chi connectivity index (χ2v) is 12.9. The van der Waals surface area contributed by atoms with E-state index in [4.69, 9.17) is 0 Å². The highest BCUT2D eigenvalue weighted by atomic mass is 32.1. The third-order valence-electron chi connectivity index (χ3n) is 8.07. The first-order chi connectivity index (χ1) is 19.3. The maximum Gasteiger partial charge on any atom is 0.0442 e. The first kappa shape index (κ1) is 29.8. The summed E-state index contributed by atoms with van der Waals surface area (Å²) >= 11 is 3.58. The van der Waals surface area contributed by atoms with Crippen molar-refractivity contribution in [3.8, 4) is 20.9 Å². The largest absolute Gasteiger partial charge is 0.143 e. The lowest BCUT2D eigenvalue weighted by Crippen LogP contribution is -2.01. The molecule has 2 aromatic carbocycles. The van der Waals surface area contributed by atoms with Gasteiger partial charge in [0.05, 0.1) is 0 Å². The number of fused-ring (bicyclic) bond motifs is 3. The van der Waals surface area contributed by atoms with Crippen LogP contribution < -0.4 is 0 Å². The van der Waals surface area contributed by atoms with E-state index in [0.29, 0.717) is 0 Å². The summed E-state index contributed by atoms with van der Waals surface area (Å²) in [6.45, 7) is 4.61. The van der Waals surface area contributed by atoms with Gasteiger partial charge >= 0.3 is 0 Å². The van der Waals surface area contributed by atoms with Crippen LogP contribution in [0.2, 0.25) is 0 Å². The molecule has 0 spiro atoms. The average Bonchev–Trinajstić information content (AvgIpc) is 3.74. The van der Waals surface area contributed by atoms with Gasteiger partial charge in [-0.2, -0.15) is 0 Å². The molecule has 0 N–H and O–H groups in total. The Morgan fingerprint density at radius 2 is 1.13 bits per heavy atom. The molecule has 0 aliphatic heterocycles. The summed E-state index contributed by atoms with van der Waals surface area (Å²) in [5, 5.41) is 4.21. The van der Waals surface area contributed by atoms with Gasteiger partial charge in [0.25, 0.3) is 0 Å². The Morgan fingerprint density at radius 3 is 1.74 bits per heavy atom. The van der Waals surface area contributed by atoms with Crippen molar-refractivity contribution in [2.75, 3.05) is 0 Å². The van der Waals surface area contributed by atoms with Gasteiger partial charge in [-0.15, -0.1) is 22.7 Å². The Bertz CT molecular complexity index is 1170. The number of aryl methyl sites for hydroxylation is 1. The van der Waals surface area contributed by atoms with E-state index in [0.717, 1.165) is 6.42 Å². The highest BCUT2D eigenvalue weighted by Gasteiger charge is 2.22. The van der Waals surface area contributed by atoms with Gasteiger partial charge < -0.3 is 0 Å². The number of rotatable bonds is 15. The molecule has 0 fully saturated rings. The number of hydrogen-bond donors (Lipinski definition) is 0. The molecule has 0 nitrogen and oxygen atoms in total. The van der Waals surface area contributed by atoms with Crippen LogP contribution in [0.5, 0.6) is 0 Å². The zero-order valence-corrected chi connectivity index (χ0v) is 26.0. The quantitative estimate of drug-likeness (QED) is 0.112. The molecule has 0 amide bonds. The molecular weight excluding hydrogens is 509 g/mol. The molecule has 1 aliphatic carbocycles. The highest BCUT2D eigenvalue weighted by Crippen LogP contribution is 2.40. The lowest BCUT2D eigenvalue weighted by molar-refractivity contribution is 0.598. The predicted octanol–water partition coefficient (Wildman–Crippen LogP) is 12.5. The molecule has 0 atom stereocenters. The van der Waals surface area contributed by atoms with Crippen molar-refractivity contribution in [1.82, 2.24) is 0 Å². The van der Waals surface area contributed by atoms with Crippen LogP contribution in [0.3, 0.4) is 0 Å². The SMILES string of the molecule is CCCCCCCCc1ccc2c(c1CCCCCCCC)Cc1ccccc1-2.c1csc(-c2cccs2)c1. The zero-order chi connectivity index (χ0) is 27.1. The molecule has 208 valence electrons. The summed E-state index contributed by atoms with van der Waals surface area (Å²) in [6.07, 6.45) is 20.4. The van der Waals surface area contributed by atoms with E-state index in [9.17, 15) is 0 Å². The van der Waals surface area contributed by atoms with Crippen molar-refractivity contribution in [2.45, 2.75) is 110 Å². The van der Waals surface area contributed by atoms with E-state index in [-0.39, 0.29) is 0 Å². The molecule has 0 saturated heterocycles. The molecule has 0 bridgehead atoms. The summed E-state index contributed by atoms with van der Waals surface area (Å²) in [4.78, 5) is 2.74. The fourth-order valence-electron chi connectivity index (χ4n) is 5.88. The Hall–Kier alpha value is -2.16. The summed E-state index contributed by atoms with van der Waals surface area (Å²) in [6, 6.07) is 22.4. The molecule has 2 heterocycles. The summed E-state index contributed by atoms with van der Waals surface area (Å²) in [5.41, 5.74) is 9.56.